The summed E-state index contributed by atoms with van der Waals surface area (Å²) >= 11 is 0. The maximum Gasteiger partial charge on any atom is 0.320 e. The summed E-state index contributed by atoms with van der Waals surface area (Å²) in [5, 5.41) is 0.548. The highest BCUT2D eigenvalue weighted by Crippen LogP contribution is 2.42. The first-order valence-corrected chi connectivity index (χ1v) is 13.6. The van der Waals surface area contributed by atoms with E-state index in [1.807, 2.05) is 39.6 Å². The number of benzene rings is 1. The monoisotopic (exact) mass is 565 g/mol. The van der Waals surface area contributed by atoms with Crippen molar-refractivity contribution in [2.45, 2.75) is 50.9 Å². The van der Waals surface area contributed by atoms with Crippen molar-refractivity contribution < 1.29 is 27.2 Å². The Kier molecular flexibility index (Phi) is 5.61. The van der Waals surface area contributed by atoms with Crippen LogP contribution in [0, 0.1) is 5.82 Å². The largest absolute Gasteiger partial charge is 0.345 e. The Labute approximate surface area is 232 Å². The van der Waals surface area contributed by atoms with Gasteiger partial charge >= 0.3 is 6.03 Å². The average Bonchev–Trinajstić information content (AvgIpc) is 3.55. The molecule has 212 valence electrons. The van der Waals surface area contributed by atoms with E-state index in [0.29, 0.717) is 47.0 Å². The molecule has 1 saturated heterocycles. The van der Waals surface area contributed by atoms with Crippen molar-refractivity contribution in [1.29, 1.82) is 0 Å². The number of rotatable bonds is 2. The summed E-state index contributed by atoms with van der Waals surface area (Å²) in [4.78, 5) is 33.3. The molecule has 5 heterocycles. The highest BCUT2D eigenvalue weighted by molar-refractivity contribution is 6.33. The van der Waals surface area contributed by atoms with E-state index in [0.717, 1.165) is 28.7 Å². The average molecular weight is 566 g/mol. The van der Waals surface area contributed by atoms with Gasteiger partial charge in [0.2, 0.25) is 0 Å². The Morgan fingerprint density at radius 3 is 2.68 bits per heavy atom. The van der Waals surface area contributed by atoms with Crippen LogP contribution in [0.25, 0.3) is 27.7 Å². The van der Waals surface area contributed by atoms with Gasteiger partial charge in [-0.1, -0.05) is 6.07 Å². The van der Waals surface area contributed by atoms with Gasteiger partial charge in [0.25, 0.3) is 5.92 Å². The number of fused-ring (bicyclic) bond motifs is 1. The molecule has 0 spiro atoms. The number of Topliss-reactive ketones (excluding diaryl/α,β-unsaturated/α-hetero) is 1. The van der Waals surface area contributed by atoms with Crippen molar-refractivity contribution in [2.75, 3.05) is 19.6 Å². The second kappa shape index (κ2) is 8.92. The fourth-order valence-electron chi connectivity index (χ4n) is 6.76. The molecule has 0 N–H and O–H groups in total. The fourth-order valence-corrected chi connectivity index (χ4v) is 6.76. The molecule has 1 aromatic carbocycles. The van der Waals surface area contributed by atoms with Crippen molar-refractivity contribution in [3.8, 4) is 0 Å². The normalized spacial score (nSPS) is 22.7. The zero-order chi connectivity index (χ0) is 28.7. The molecule has 2 amide bonds. The van der Waals surface area contributed by atoms with Crippen molar-refractivity contribution in [3.63, 3.8) is 0 Å². The molecule has 4 aromatic rings. The van der Waals surface area contributed by atoms with Gasteiger partial charge in [-0.05, 0) is 48.7 Å². The third-order valence-corrected chi connectivity index (χ3v) is 8.28. The number of allylic oxidation sites excluding steroid dienone is 2. The number of urea groups is 1. The number of nitrogens with zero attached hydrogens (tertiary/aromatic N) is 5. The Balaban J connectivity index is 1.30. The number of aromatic nitrogens is 3. The van der Waals surface area contributed by atoms with E-state index in [2.05, 4.69) is 4.98 Å². The highest BCUT2D eigenvalue weighted by Gasteiger charge is 2.49. The molecule has 3 aromatic heterocycles. The van der Waals surface area contributed by atoms with Crippen LogP contribution in [-0.4, -0.2) is 66.8 Å². The van der Waals surface area contributed by atoms with E-state index in [1.165, 1.54) is 17.0 Å². The lowest BCUT2D eigenvalue weighted by Gasteiger charge is -2.41. The molecule has 1 atom stereocenters. The van der Waals surface area contributed by atoms with Crippen molar-refractivity contribution >= 4 is 39.5 Å². The number of piperidine rings is 1. The van der Waals surface area contributed by atoms with Gasteiger partial charge in [-0.3, -0.25) is 9.20 Å². The van der Waals surface area contributed by atoms with E-state index in [9.17, 15) is 22.8 Å². The molecule has 1 unspecified atom stereocenters. The number of ketones is 1. The lowest BCUT2D eigenvalue weighted by molar-refractivity contribution is -0.113. The standard InChI is InChI=1S/C30H27F4N5O2/c1-29(32)15-30(33,34)17-38(16-29)28(41)37-9-8-36-14-22(21-11-19(31)10-18(13-37)27(21)36)26-20(5-6-24(26)40)23-12-35-25-4-2-3-7-39(23)25/h2-4,7,10-12,14H,5-6,8-9,13,15-17H2,1H3. The van der Waals surface area contributed by atoms with Gasteiger partial charge in [0.1, 0.15) is 17.1 Å². The quantitative estimate of drug-likeness (QED) is 0.293. The molecule has 3 aliphatic rings. The number of halogens is 4. The summed E-state index contributed by atoms with van der Waals surface area (Å²) in [5.41, 5.74) is 2.51. The van der Waals surface area contributed by atoms with Crippen molar-refractivity contribution in [3.05, 3.63) is 71.6 Å². The van der Waals surface area contributed by atoms with Crippen LogP contribution in [0.4, 0.5) is 22.4 Å². The van der Waals surface area contributed by atoms with Crippen LogP contribution in [0.1, 0.15) is 43.0 Å². The van der Waals surface area contributed by atoms with Gasteiger partial charge in [0.05, 0.1) is 30.5 Å². The van der Waals surface area contributed by atoms with Crippen molar-refractivity contribution in [2.24, 2.45) is 0 Å². The van der Waals surface area contributed by atoms with Gasteiger partial charge in [0, 0.05) is 61.4 Å². The molecule has 7 nitrogen and oxygen atoms in total. The van der Waals surface area contributed by atoms with Crippen LogP contribution in [0.3, 0.4) is 0 Å². The maximum atomic E-state index is 15.1. The third kappa shape index (κ3) is 4.29. The number of carbonyl (C=O) groups excluding carboxylic acids is 2. The third-order valence-electron chi connectivity index (χ3n) is 8.28. The van der Waals surface area contributed by atoms with Gasteiger partial charge in [0.15, 0.2) is 5.78 Å². The number of amides is 2. The molecule has 41 heavy (non-hydrogen) atoms. The van der Waals surface area contributed by atoms with Crippen LogP contribution >= 0.6 is 0 Å². The van der Waals surface area contributed by atoms with Gasteiger partial charge in [-0.25, -0.2) is 27.3 Å². The zero-order valence-electron chi connectivity index (χ0n) is 22.3. The summed E-state index contributed by atoms with van der Waals surface area (Å²) in [5.74, 6) is -3.91. The molecular weight excluding hydrogens is 538 g/mol. The molecule has 2 aliphatic heterocycles. The van der Waals surface area contributed by atoms with Crippen LogP contribution in [0.2, 0.25) is 0 Å². The number of hydrogen-bond donors (Lipinski definition) is 0. The minimum Gasteiger partial charge on any atom is -0.345 e. The number of carbonyl (C=O) groups is 2. The lowest BCUT2D eigenvalue weighted by atomic mass is 9.94. The summed E-state index contributed by atoms with van der Waals surface area (Å²) in [6.45, 7) is 0.191. The first kappa shape index (κ1) is 25.8. The van der Waals surface area contributed by atoms with Crippen LogP contribution < -0.4 is 0 Å². The number of hydrogen-bond acceptors (Lipinski definition) is 3. The highest BCUT2D eigenvalue weighted by atomic mass is 19.3. The predicted molar refractivity (Wildman–Crippen MR) is 145 cm³/mol. The van der Waals surface area contributed by atoms with Crippen molar-refractivity contribution in [1.82, 2.24) is 23.8 Å². The number of imidazole rings is 1. The van der Waals surface area contributed by atoms with Crippen LogP contribution in [0.5, 0.6) is 0 Å². The molecule has 11 heteroatoms. The van der Waals surface area contributed by atoms with E-state index < -0.39 is 42.9 Å². The molecule has 7 rings (SSSR count). The summed E-state index contributed by atoms with van der Waals surface area (Å²) in [6.07, 6.45) is 5.37. The molecular formula is C30H27F4N5O2. The number of pyridine rings is 1. The predicted octanol–water partition coefficient (Wildman–Crippen LogP) is 5.71. The summed E-state index contributed by atoms with van der Waals surface area (Å²) in [7, 11) is 0. The van der Waals surface area contributed by atoms with E-state index in [4.69, 9.17) is 0 Å². The second-order valence-electron chi connectivity index (χ2n) is 11.6. The zero-order valence-corrected chi connectivity index (χ0v) is 22.3. The smallest absolute Gasteiger partial charge is 0.320 e. The first-order chi connectivity index (χ1) is 19.5. The Hall–Kier alpha value is -4.15. The molecule has 0 saturated carbocycles. The summed E-state index contributed by atoms with van der Waals surface area (Å²) < 4.78 is 62.1. The molecule has 0 bridgehead atoms. The lowest BCUT2D eigenvalue weighted by Crippen LogP contribution is -2.58. The molecule has 1 fully saturated rings. The Morgan fingerprint density at radius 2 is 1.88 bits per heavy atom. The SMILES string of the molecule is CC1(F)CN(C(=O)N2CCn3cc(C4=C(c5cnc6ccccn56)CCC4=O)c4cc(F)cc(c43)C2)CC(F)(F)C1. The minimum atomic E-state index is -3.34. The van der Waals surface area contributed by atoms with E-state index in [1.54, 1.807) is 6.20 Å². The molecule has 1 aliphatic carbocycles. The van der Waals surface area contributed by atoms with Gasteiger partial charge in [-0.15, -0.1) is 0 Å². The van der Waals surface area contributed by atoms with E-state index >= 15 is 4.39 Å². The van der Waals surface area contributed by atoms with Gasteiger partial charge in [-0.2, -0.15) is 0 Å². The number of likely N-dealkylation sites (tertiary alicyclic amines) is 1. The fraction of sp³-hybridized carbons (Fsp3) is 0.367. The minimum absolute atomic E-state index is 0.0330. The Morgan fingerprint density at radius 1 is 1.05 bits per heavy atom. The van der Waals surface area contributed by atoms with E-state index in [-0.39, 0.29) is 18.9 Å². The molecule has 0 radical (unpaired) electrons. The maximum absolute atomic E-state index is 15.1. The topological polar surface area (TPSA) is 62.9 Å². The first-order valence-electron chi connectivity index (χ1n) is 13.6. The van der Waals surface area contributed by atoms with Gasteiger partial charge < -0.3 is 14.4 Å². The Bertz CT molecular complexity index is 1770. The van der Waals surface area contributed by atoms with Crippen LogP contribution in [-0.2, 0) is 17.9 Å². The second-order valence-corrected chi connectivity index (χ2v) is 11.6. The summed E-state index contributed by atoms with van der Waals surface area (Å²) in [6, 6.07) is 7.67. The number of alkyl halides is 3. The van der Waals surface area contributed by atoms with Crippen LogP contribution in [0.15, 0.2) is 48.9 Å².